The zero-order valence-corrected chi connectivity index (χ0v) is 15.3. The van der Waals surface area contributed by atoms with Gasteiger partial charge in [-0.1, -0.05) is 17.7 Å². The maximum Gasteiger partial charge on any atom is 0.289 e. The minimum absolute atomic E-state index is 0.201. The van der Waals surface area contributed by atoms with E-state index in [9.17, 15) is 9.90 Å². The van der Waals surface area contributed by atoms with Crippen LogP contribution in [0.3, 0.4) is 0 Å². The van der Waals surface area contributed by atoms with Crippen LogP contribution in [-0.2, 0) is 10.5 Å². The molecule has 1 aromatic heterocycles. The number of nitrogens with zero attached hydrogens (tertiary/aromatic N) is 1. The normalized spacial score (nSPS) is 20.2. The van der Waals surface area contributed by atoms with Crippen molar-refractivity contribution in [2.24, 2.45) is 0 Å². The zero-order valence-electron chi connectivity index (χ0n) is 14.5. The molecule has 0 saturated carbocycles. The molecular formula is C19H23NO4S. The molecule has 5 nitrogen and oxygen atoms in total. The van der Waals surface area contributed by atoms with Crippen LogP contribution in [0.1, 0.15) is 28.8 Å². The number of hydrogen-bond acceptors (Lipinski definition) is 5. The Hall–Kier alpha value is -1.76. The van der Waals surface area contributed by atoms with Gasteiger partial charge in [-0.3, -0.25) is 4.79 Å². The van der Waals surface area contributed by atoms with Gasteiger partial charge in [0, 0.05) is 18.0 Å². The number of furan rings is 1. The molecule has 1 N–H and O–H groups in total. The lowest BCUT2D eigenvalue weighted by molar-refractivity contribution is -0.00239. The molecular weight excluding hydrogens is 338 g/mol. The van der Waals surface area contributed by atoms with Crippen LogP contribution in [0.4, 0.5) is 0 Å². The first-order valence-electron chi connectivity index (χ1n) is 8.44. The number of β-amino-alcohol motifs (C(OH)–C–C–N with tert-alkyl or cyclic N) is 1. The fourth-order valence-electron chi connectivity index (χ4n) is 2.82. The molecule has 0 bridgehead atoms. The first kappa shape index (κ1) is 18.0. The van der Waals surface area contributed by atoms with Crippen LogP contribution in [0.15, 0.2) is 45.7 Å². The summed E-state index contributed by atoms with van der Waals surface area (Å²) in [4.78, 5) is 15.3. The topological polar surface area (TPSA) is 62.9 Å². The molecule has 25 heavy (non-hydrogen) atoms. The summed E-state index contributed by atoms with van der Waals surface area (Å²) in [6, 6.07) is 11.8. The summed E-state index contributed by atoms with van der Waals surface area (Å²) in [5.74, 6) is 1.53. The highest BCUT2D eigenvalue weighted by atomic mass is 32.2. The lowest BCUT2D eigenvalue weighted by Crippen LogP contribution is -2.29. The molecule has 0 radical (unpaired) electrons. The maximum atomic E-state index is 12.5. The van der Waals surface area contributed by atoms with E-state index in [1.165, 1.54) is 5.56 Å². The second-order valence-corrected chi connectivity index (χ2v) is 7.19. The Labute approximate surface area is 152 Å². The number of likely N-dealkylation sites (tertiary alicyclic amines) is 1. The number of amides is 1. The summed E-state index contributed by atoms with van der Waals surface area (Å²) in [6.07, 6.45) is -0.962. The van der Waals surface area contributed by atoms with Gasteiger partial charge in [-0.05, 0) is 38.1 Å². The van der Waals surface area contributed by atoms with Gasteiger partial charge in [-0.25, -0.2) is 0 Å². The SMILES string of the molecule is CCO[C@@H]1CN(C(=O)c2ccc(CSc3ccc(C)cc3)o2)C[C@H]1O. The molecule has 1 aromatic carbocycles. The van der Waals surface area contributed by atoms with E-state index in [0.29, 0.717) is 24.7 Å². The molecule has 1 fully saturated rings. The highest BCUT2D eigenvalue weighted by Gasteiger charge is 2.35. The van der Waals surface area contributed by atoms with Crippen molar-refractivity contribution < 1.29 is 19.1 Å². The molecule has 3 rings (SSSR count). The Morgan fingerprint density at radius 2 is 2.04 bits per heavy atom. The monoisotopic (exact) mass is 361 g/mol. The van der Waals surface area contributed by atoms with Crippen LogP contribution < -0.4 is 0 Å². The Kier molecular flexibility index (Phi) is 5.83. The first-order chi connectivity index (χ1) is 12.1. The molecule has 2 atom stereocenters. The summed E-state index contributed by atoms with van der Waals surface area (Å²) in [5, 5.41) is 9.97. The number of benzene rings is 1. The van der Waals surface area contributed by atoms with Crippen molar-refractivity contribution in [3.8, 4) is 0 Å². The lowest BCUT2D eigenvalue weighted by Gasteiger charge is -2.14. The van der Waals surface area contributed by atoms with E-state index in [4.69, 9.17) is 9.15 Å². The number of aliphatic hydroxyl groups excluding tert-OH is 1. The fraction of sp³-hybridized carbons (Fsp3) is 0.421. The van der Waals surface area contributed by atoms with E-state index in [0.717, 1.165) is 10.7 Å². The van der Waals surface area contributed by atoms with Gasteiger partial charge in [0.2, 0.25) is 0 Å². The van der Waals surface area contributed by atoms with E-state index < -0.39 is 6.10 Å². The van der Waals surface area contributed by atoms with Gasteiger partial charge in [-0.2, -0.15) is 0 Å². The van der Waals surface area contributed by atoms with Crippen molar-refractivity contribution in [2.45, 2.75) is 36.7 Å². The van der Waals surface area contributed by atoms with E-state index >= 15 is 0 Å². The Morgan fingerprint density at radius 1 is 1.28 bits per heavy atom. The summed E-state index contributed by atoms with van der Waals surface area (Å²) < 4.78 is 11.2. The quantitative estimate of drug-likeness (QED) is 0.801. The van der Waals surface area contributed by atoms with Crippen LogP contribution >= 0.6 is 11.8 Å². The molecule has 1 aliphatic heterocycles. The third-order valence-corrected chi connectivity index (χ3v) is 5.21. The maximum absolute atomic E-state index is 12.5. The summed E-state index contributed by atoms with van der Waals surface area (Å²) in [7, 11) is 0. The third-order valence-electron chi connectivity index (χ3n) is 4.18. The minimum atomic E-state index is -0.643. The molecule has 2 heterocycles. The first-order valence-corrected chi connectivity index (χ1v) is 9.42. The largest absolute Gasteiger partial charge is 0.455 e. The molecule has 1 saturated heterocycles. The predicted molar refractivity (Wildman–Crippen MR) is 96.8 cm³/mol. The second-order valence-electron chi connectivity index (χ2n) is 6.14. The molecule has 0 unspecified atom stereocenters. The average Bonchev–Trinajstić information content (AvgIpc) is 3.22. The standard InChI is InChI=1S/C19H23NO4S/c1-3-23-18-11-20(10-16(18)21)19(22)17-9-6-14(24-17)12-25-15-7-4-13(2)5-8-15/h4-9,16,18,21H,3,10-12H2,1-2H3/t16-,18-/m1/s1. The number of carbonyl (C=O) groups is 1. The number of ether oxygens (including phenoxy) is 1. The number of aryl methyl sites for hydroxylation is 1. The van der Waals surface area contributed by atoms with Gasteiger partial charge >= 0.3 is 0 Å². The Balaban J connectivity index is 1.57. The van der Waals surface area contributed by atoms with Crippen LogP contribution in [0.25, 0.3) is 0 Å². The number of thioether (sulfide) groups is 1. The third kappa shape index (κ3) is 4.45. The molecule has 134 valence electrons. The van der Waals surface area contributed by atoms with E-state index in [1.54, 1.807) is 22.7 Å². The fourth-order valence-corrected chi connectivity index (χ4v) is 3.61. The van der Waals surface area contributed by atoms with Gasteiger partial charge in [0.05, 0.1) is 18.4 Å². The number of aliphatic hydroxyl groups is 1. The van der Waals surface area contributed by atoms with Gasteiger partial charge in [0.15, 0.2) is 5.76 Å². The van der Waals surface area contributed by atoms with Crippen molar-refractivity contribution >= 4 is 17.7 Å². The molecule has 1 aliphatic rings. The molecule has 0 spiro atoms. The molecule has 1 amide bonds. The van der Waals surface area contributed by atoms with E-state index in [2.05, 4.69) is 31.2 Å². The summed E-state index contributed by atoms with van der Waals surface area (Å²) in [6.45, 7) is 5.12. The Morgan fingerprint density at radius 3 is 2.76 bits per heavy atom. The summed E-state index contributed by atoms with van der Waals surface area (Å²) >= 11 is 1.67. The van der Waals surface area contributed by atoms with Gasteiger partial charge in [0.25, 0.3) is 5.91 Å². The van der Waals surface area contributed by atoms with Crippen molar-refractivity contribution in [1.82, 2.24) is 4.90 Å². The van der Waals surface area contributed by atoms with Gasteiger partial charge in [0.1, 0.15) is 11.9 Å². The van der Waals surface area contributed by atoms with Crippen molar-refractivity contribution in [1.29, 1.82) is 0 Å². The van der Waals surface area contributed by atoms with Crippen molar-refractivity contribution in [3.63, 3.8) is 0 Å². The van der Waals surface area contributed by atoms with Gasteiger partial charge < -0.3 is 19.2 Å². The highest BCUT2D eigenvalue weighted by molar-refractivity contribution is 7.98. The van der Waals surface area contributed by atoms with Crippen molar-refractivity contribution in [3.05, 3.63) is 53.5 Å². The highest BCUT2D eigenvalue weighted by Crippen LogP contribution is 2.25. The van der Waals surface area contributed by atoms with Crippen LogP contribution in [0.5, 0.6) is 0 Å². The number of carbonyl (C=O) groups excluding carboxylic acids is 1. The van der Waals surface area contributed by atoms with E-state index in [-0.39, 0.29) is 18.6 Å². The minimum Gasteiger partial charge on any atom is -0.455 e. The summed E-state index contributed by atoms with van der Waals surface area (Å²) in [5.41, 5.74) is 1.23. The number of rotatable bonds is 6. The average molecular weight is 361 g/mol. The number of hydrogen-bond donors (Lipinski definition) is 1. The second kappa shape index (κ2) is 8.08. The molecule has 2 aromatic rings. The smallest absolute Gasteiger partial charge is 0.289 e. The lowest BCUT2D eigenvalue weighted by atomic mass is 10.2. The van der Waals surface area contributed by atoms with Gasteiger partial charge in [-0.15, -0.1) is 11.8 Å². The zero-order chi connectivity index (χ0) is 17.8. The van der Waals surface area contributed by atoms with Crippen LogP contribution in [0, 0.1) is 6.92 Å². The van der Waals surface area contributed by atoms with E-state index in [1.807, 2.05) is 13.0 Å². The van der Waals surface area contributed by atoms with Crippen LogP contribution in [0.2, 0.25) is 0 Å². The molecule has 0 aliphatic carbocycles. The van der Waals surface area contributed by atoms with Crippen molar-refractivity contribution in [2.75, 3.05) is 19.7 Å². The Bertz CT molecular complexity index is 712. The predicted octanol–water partition coefficient (Wildman–Crippen LogP) is 3.10. The van der Waals surface area contributed by atoms with Crippen LogP contribution in [-0.4, -0.2) is 47.8 Å². The molecule has 6 heteroatoms.